The minimum Gasteiger partial charge on any atom is -0.486 e. The molecule has 0 N–H and O–H groups in total. The van der Waals surface area contributed by atoms with Gasteiger partial charge in [0.15, 0.2) is 17.4 Å². The van der Waals surface area contributed by atoms with Crippen molar-refractivity contribution in [2.24, 2.45) is 17.8 Å². The van der Waals surface area contributed by atoms with Crippen LogP contribution in [0.4, 0.5) is 0 Å². The standard InChI is InChI=1S/C28H29Cl2N5O4/c1-15(20-12-28(20,29)30)8-24(37)23-10-17-9-22(17)35(23)26(38)13-34-21-5-4-18(11-19(21)27(33-34)16(2)36)39-14-25-31-6-3-7-32-25/h3-7,11,15,17,20,22-23H,8-10,12-14H2,1-2H3/t15?,17-,20?,22-,23+/m1/s1. The molecule has 3 aliphatic rings. The van der Waals surface area contributed by atoms with E-state index in [9.17, 15) is 14.4 Å². The minimum atomic E-state index is -0.733. The molecule has 3 aromatic rings. The van der Waals surface area contributed by atoms with Crippen LogP contribution in [0.5, 0.6) is 5.75 Å². The van der Waals surface area contributed by atoms with Gasteiger partial charge in [0.1, 0.15) is 28.9 Å². The molecule has 2 aromatic heterocycles. The number of likely N-dealkylation sites (tertiary alicyclic amines) is 1. The first kappa shape index (κ1) is 26.2. The molecule has 9 nitrogen and oxygen atoms in total. The van der Waals surface area contributed by atoms with Crippen molar-refractivity contribution in [1.29, 1.82) is 0 Å². The van der Waals surface area contributed by atoms with Crippen molar-refractivity contribution in [3.05, 3.63) is 48.2 Å². The van der Waals surface area contributed by atoms with Crippen LogP contribution in [0, 0.1) is 17.8 Å². The Morgan fingerprint density at radius 1 is 1.18 bits per heavy atom. The maximum atomic E-state index is 13.6. The third kappa shape index (κ3) is 5.14. The average molecular weight is 570 g/mol. The van der Waals surface area contributed by atoms with E-state index in [4.69, 9.17) is 27.9 Å². The second-order valence-electron chi connectivity index (χ2n) is 11.0. The number of hydrogen-bond acceptors (Lipinski definition) is 7. The Hall–Kier alpha value is -3.04. The summed E-state index contributed by atoms with van der Waals surface area (Å²) in [6, 6.07) is 6.69. The van der Waals surface area contributed by atoms with Gasteiger partial charge in [-0.3, -0.25) is 19.1 Å². The van der Waals surface area contributed by atoms with E-state index < -0.39 is 10.4 Å². The van der Waals surface area contributed by atoms with Gasteiger partial charge in [-0.2, -0.15) is 5.10 Å². The van der Waals surface area contributed by atoms with E-state index in [1.165, 1.54) is 6.92 Å². The monoisotopic (exact) mass is 569 g/mol. The predicted molar refractivity (Wildman–Crippen MR) is 145 cm³/mol. The van der Waals surface area contributed by atoms with Crippen LogP contribution in [0.2, 0.25) is 0 Å². The summed E-state index contributed by atoms with van der Waals surface area (Å²) in [5, 5.41) is 5.09. The highest BCUT2D eigenvalue weighted by molar-refractivity contribution is 6.50. The third-order valence-electron chi connectivity index (χ3n) is 8.18. The number of ketones is 2. The maximum Gasteiger partial charge on any atom is 0.245 e. The molecule has 0 spiro atoms. The van der Waals surface area contributed by atoms with Crippen molar-refractivity contribution in [3.63, 3.8) is 0 Å². The molecule has 1 aliphatic heterocycles. The maximum absolute atomic E-state index is 13.6. The van der Waals surface area contributed by atoms with E-state index in [1.54, 1.807) is 46.2 Å². The van der Waals surface area contributed by atoms with E-state index in [0.29, 0.717) is 47.7 Å². The van der Waals surface area contributed by atoms with Crippen LogP contribution in [-0.2, 0) is 22.7 Å². The van der Waals surface area contributed by atoms with Gasteiger partial charge in [0.2, 0.25) is 5.91 Å². The molecule has 2 saturated carbocycles. The Balaban J connectivity index is 1.19. The number of piperidine rings is 1. The molecule has 1 saturated heterocycles. The van der Waals surface area contributed by atoms with Gasteiger partial charge >= 0.3 is 0 Å². The van der Waals surface area contributed by atoms with Crippen molar-refractivity contribution in [1.82, 2.24) is 24.6 Å². The highest BCUT2D eigenvalue weighted by Gasteiger charge is 2.57. The van der Waals surface area contributed by atoms with Crippen LogP contribution in [0.3, 0.4) is 0 Å². The quantitative estimate of drug-likeness (QED) is 0.263. The van der Waals surface area contributed by atoms with Gasteiger partial charge < -0.3 is 9.64 Å². The Kier molecular flexibility index (Phi) is 6.62. The number of alkyl halides is 2. The largest absolute Gasteiger partial charge is 0.486 e. The number of carbonyl (C=O) groups is 3. The second-order valence-corrected chi connectivity index (χ2v) is 12.6. The van der Waals surface area contributed by atoms with Gasteiger partial charge in [-0.15, -0.1) is 23.2 Å². The molecule has 2 unspecified atom stereocenters. The molecule has 11 heteroatoms. The molecule has 5 atom stereocenters. The minimum absolute atomic E-state index is 0.0561. The topological polar surface area (TPSA) is 107 Å². The van der Waals surface area contributed by atoms with Crippen LogP contribution in [0.1, 0.15) is 55.8 Å². The van der Waals surface area contributed by atoms with Gasteiger partial charge in [0, 0.05) is 37.2 Å². The van der Waals surface area contributed by atoms with Crippen molar-refractivity contribution in [2.45, 2.75) is 69.1 Å². The van der Waals surface area contributed by atoms with Crippen molar-refractivity contribution >= 4 is 51.6 Å². The Morgan fingerprint density at radius 2 is 1.92 bits per heavy atom. The van der Waals surface area contributed by atoms with E-state index >= 15 is 0 Å². The van der Waals surface area contributed by atoms with Gasteiger partial charge in [0.25, 0.3) is 0 Å². The number of hydrogen-bond donors (Lipinski definition) is 0. The summed E-state index contributed by atoms with van der Waals surface area (Å²) in [5.74, 6) is 1.32. The Morgan fingerprint density at radius 3 is 2.62 bits per heavy atom. The summed E-state index contributed by atoms with van der Waals surface area (Å²) in [4.78, 5) is 49.4. The first-order valence-electron chi connectivity index (χ1n) is 13.2. The number of rotatable bonds is 10. The number of carbonyl (C=O) groups excluding carboxylic acids is 3. The number of nitrogens with zero attached hydrogens (tertiary/aromatic N) is 5. The average Bonchev–Trinajstić information content (AvgIpc) is 3.72. The van der Waals surface area contributed by atoms with Crippen LogP contribution in [0.15, 0.2) is 36.7 Å². The number of aromatic nitrogens is 4. The van der Waals surface area contributed by atoms with Gasteiger partial charge in [-0.1, -0.05) is 6.92 Å². The number of benzene rings is 1. The zero-order valence-corrected chi connectivity index (χ0v) is 23.2. The molecule has 0 bridgehead atoms. The fourth-order valence-corrected chi connectivity index (χ4v) is 6.70. The van der Waals surface area contributed by atoms with Crippen molar-refractivity contribution in [2.75, 3.05) is 0 Å². The third-order valence-corrected chi connectivity index (χ3v) is 9.05. The molecule has 0 radical (unpaired) electrons. The lowest BCUT2D eigenvalue weighted by Gasteiger charge is -2.27. The van der Waals surface area contributed by atoms with Gasteiger partial charge in [-0.05, 0) is 61.3 Å². The number of Topliss-reactive ketones (excluding diaryl/α,β-unsaturated/α-hetero) is 2. The summed E-state index contributed by atoms with van der Waals surface area (Å²) < 4.78 is 6.65. The fraction of sp³-hybridized carbons (Fsp3) is 0.500. The first-order chi connectivity index (χ1) is 18.6. The highest BCUT2D eigenvalue weighted by atomic mass is 35.5. The van der Waals surface area contributed by atoms with Crippen LogP contribution >= 0.6 is 23.2 Å². The Bertz CT molecular complexity index is 1460. The van der Waals surface area contributed by atoms with Crippen molar-refractivity contribution in [3.8, 4) is 5.75 Å². The Labute approximate surface area is 235 Å². The highest BCUT2D eigenvalue weighted by Crippen LogP contribution is 2.58. The smallest absolute Gasteiger partial charge is 0.245 e. The summed E-state index contributed by atoms with van der Waals surface area (Å²) in [6.07, 6.45) is 5.96. The van der Waals surface area contributed by atoms with Crippen molar-refractivity contribution < 1.29 is 19.1 Å². The molecular formula is C28H29Cl2N5O4. The lowest BCUT2D eigenvalue weighted by molar-refractivity contribution is -0.139. The number of ether oxygens (including phenoxy) is 1. The molecule has 204 valence electrons. The van der Waals surface area contributed by atoms with Crippen LogP contribution in [-0.4, -0.2) is 58.5 Å². The SMILES string of the molecule is CC(=O)c1nn(CC(=O)N2[C@@H]3C[C@@H]3C[C@H]2C(=O)CC(C)C2CC2(Cl)Cl)c2ccc(OCc3ncccn3)cc12. The molecular weight excluding hydrogens is 541 g/mol. The second kappa shape index (κ2) is 9.86. The molecule has 1 aromatic carbocycles. The zero-order chi connectivity index (χ0) is 27.5. The molecule has 39 heavy (non-hydrogen) atoms. The molecule has 3 fully saturated rings. The van der Waals surface area contributed by atoms with E-state index in [2.05, 4.69) is 15.1 Å². The number of fused-ring (bicyclic) bond motifs is 2. The van der Waals surface area contributed by atoms with E-state index in [-0.39, 0.29) is 54.2 Å². The van der Waals surface area contributed by atoms with E-state index in [0.717, 1.165) is 6.42 Å². The predicted octanol–water partition coefficient (Wildman–Crippen LogP) is 4.39. The lowest BCUT2D eigenvalue weighted by Crippen LogP contribution is -2.45. The molecule has 2 aliphatic carbocycles. The summed E-state index contributed by atoms with van der Waals surface area (Å²) in [7, 11) is 0. The molecule has 6 rings (SSSR count). The molecule has 3 heterocycles. The van der Waals surface area contributed by atoms with E-state index in [1.807, 2.05) is 6.92 Å². The number of halogens is 2. The fourth-order valence-electron chi connectivity index (χ4n) is 5.94. The lowest BCUT2D eigenvalue weighted by atomic mass is 9.94. The van der Waals surface area contributed by atoms with Gasteiger partial charge in [0.05, 0.1) is 11.6 Å². The van der Waals surface area contributed by atoms with Crippen LogP contribution in [0.25, 0.3) is 10.9 Å². The summed E-state index contributed by atoms with van der Waals surface area (Å²) >= 11 is 12.4. The summed E-state index contributed by atoms with van der Waals surface area (Å²) in [6.45, 7) is 3.57. The molecule has 1 amide bonds. The first-order valence-corrected chi connectivity index (χ1v) is 14.0. The van der Waals surface area contributed by atoms with Crippen LogP contribution < -0.4 is 4.74 Å². The normalized spacial score (nSPS) is 25.3. The summed E-state index contributed by atoms with van der Waals surface area (Å²) in [5.41, 5.74) is 0.913. The van der Waals surface area contributed by atoms with Gasteiger partial charge in [-0.25, -0.2) is 9.97 Å². The number of amides is 1. The zero-order valence-electron chi connectivity index (χ0n) is 21.7.